The first-order valence-corrected chi connectivity index (χ1v) is 10.2. The summed E-state index contributed by atoms with van der Waals surface area (Å²) in [4.78, 5) is 0. The molecule has 0 saturated heterocycles. The summed E-state index contributed by atoms with van der Waals surface area (Å²) >= 11 is 0. The van der Waals surface area contributed by atoms with Crippen molar-refractivity contribution in [3.63, 3.8) is 0 Å². The number of hydrogen-bond acceptors (Lipinski definition) is 1. The van der Waals surface area contributed by atoms with E-state index < -0.39 is 0 Å². The summed E-state index contributed by atoms with van der Waals surface area (Å²) in [7, 11) is 0. The lowest BCUT2D eigenvalue weighted by Gasteiger charge is -2.00. The van der Waals surface area contributed by atoms with Crippen molar-refractivity contribution in [3.05, 3.63) is 60.7 Å². The third-order valence-corrected chi connectivity index (χ3v) is 4.44. The van der Waals surface area contributed by atoms with Gasteiger partial charge in [0.1, 0.15) is 0 Å². The number of rotatable bonds is 11. The van der Waals surface area contributed by atoms with E-state index in [9.17, 15) is 0 Å². The molecule has 1 nitrogen and oxygen atoms in total. The van der Waals surface area contributed by atoms with Gasteiger partial charge in [-0.15, -0.1) is 0 Å². The monoisotopic (exact) mass is 339 g/mol. The largest absolute Gasteiger partial charge is 0.330 e. The van der Waals surface area contributed by atoms with Gasteiger partial charge in [0.15, 0.2) is 0 Å². The Hall–Kier alpha value is -1.60. The molecule has 1 heteroatoms. The molecule has 0 heterocycles. The van der Waals surface area contributed by atoms with Crippen LogP contribution in [0, 0.1) is 0 Å². The molecule has 0 aliphatic carbocycles. The number of unbranched alkanes of at least 4 members (excludes halogenated alkanes) is 9. The van der Waals surface area contributed by atoms with Gasteiger partial charge >= 0.3 is 0 Å². The Labute approximate surface area is 155 Å². The molecule has 138 valence electrons. The van der Waals surface area contributed by atoms with Gasteiger partial charge in [-0.2, -0.15) is 0 Å². The second kappa shape index (κ2) is 15.9. The quantitative estimate of drug-likeness (QED) is 0.430. The van der Waals surface area contributed by atoms with Gasteiger partial charge in [-0.3, -0.25) is 0 Å². The average molecular weight is 340 g/mol. The summed E-state index contributed by atoms with van der Waals surface area (Å²) in [5, 5.41) is 0. The molecule has 25 heavy (non-hydrogen) atoms. The van der Waals surface area contributed by atoms with Gasteiger partial charge < -0.3 is 5.73 Å². The van der Waals surface area contributed by atoms with Crippen molar-refractivity contribution < 1.29 is 0 Å². The van der Waals surface area contributed by atoms with E-state index in [0.29, 0.717) is 0 Å². The fraction of sp³-hybridized carbons (Fsp3) is 0.500. The predicted octanol–water partition coefficient (Wildman–Crippen LogP) is 7.22. The summed E-state index contributed by atoms with van der Waals surface area (Å²) < 4.78 is 0. The summed E-state index contributed by atoms with van der Waals surface area (Å²) in [6.45, 7) is 3.14. The van der Waals surface area contributed by atoms with Crippen LogP contribution in [-0.4, -0.2) is 6.54 Å². The molecule has 0 unspecified atom stereocenters. The van der Waals surface area contributed by atoms with Crippen molar-refractivity contribution >= 4 is 0 Å². The number of hydrogen-bond donors (Lipinski definition) is 1. The Morgan fingerprint density at radius 2 is 0.880 bits per heavy atom. The van der Waals surface area contributed by atoms with Crippen LogP contribution >= 0.6 is 0 Å². The maximum atomic E-state index is 5.42. The second-order valence-corrected chi connectivity index (χ2v) is 6.70. The van der Waals surface area contributed by atoms with Crippen LogP contribution in [0.5, 0.6) is 0 Å². The van der Waals surface area contributed by atoms with Crippen LogP contribution in [0.2, 0.25) is 0 Å². The van der Waals surface area contributed by atoms with Crippen molar-refractivity contribution in [2.24, 2.45) is 5.73 Å². The molecule has 2 aromatic rings. The van der Waals surface area contributed by atoms with E-state index in [4.69, 9.17) is 5.73 Å². The minimum absolute atomic E-state index is 0.872. The third-order valence-electron chi connectivity index (χ3n) is 4.44. The summed E-state index contributed by atoms with van der Waals surface area (Å²) in [5.74, 6) is 0. The molecule has 0 saturated carbocycles. The highest BCUT2D eigenvalue weighted by molar-refractivity contribution is 5.62. The van der Waals surface area contributed by atoms with Gasteiger partial charge in [0, 0.05) is 0 Å². The number of nitrogens with two attached hydrogens (primary N) is 1. The molecule has 0 atom stereocenters. The lowest BCUT2D eigenvalue weighted by Crippen LogP contribution is -1.97. The van der Waals surface area contributed by atoms with Gasteiger partial charge in [0.05, 0.1) is 0 Å². The smallest absolute Gasteiger partial charge is 0.00773 e. The van der Waals surface area contributed by atoms with Crippen molar-refractivity contribution in [2.45, 2.75) is 71.1 Å². The van der Waals surface area contributed by atoms with Crippen LogP contribution in [0.15, 0.2) is 60.7 Å². The Balaban J connectivity index is 0.000000250. The summed E-state index contributed by atoms with van der Waals surface area (Å²) in [6.07, 6.45) is 13.9. The second-order valence-electron chi connectivity index (χ2n) is 6.70. The van der Waals surface area contributed by atoms with Crippen molar-refractivity contribution in [1.29, 1.82) is 0 Å². The Morgan fingerprint density at radius 1 is 0.520 bits per heavy atom. The average Bonchev–Trinajstić information content (AvgIpc) is 2.69. The lowest BCUT2D eigenvalue weighted by atomic mass is 10.1. The van der Waals surface area contributed by atoms with Crippen LogP contribution < -0.4 is 5.73 Å². The molecule has 2 rings (SSSR count). The highest BCUT2D eigenvalue weighted by Gasteiger charge is 1.92. The van der Waals surface area contributed by atoms with E-state index in [2.05, 4.69) is 55.5 Å². The molecule has 0 amide bonds. The molecule has 0 radical (unpaired) electrons. The summed E-state index contributed by atoms with van der Waals surface area (Å²) in [5.41, 5.74) is 7.98. The molecule has 0 aliphatic heterocycles. The van der Waals surface area contributed by atoms with Crippen LogP contribution in [0.4, 0.5) is 0 Å². The van der Waals surface area contributed by atoms with E-state index in [0.717, 1.165) is 6.54 Å². The van der Waals surface area contributed by atoms with E-state index in [1.165, 1.54) is 75.3 Å². The van der Waals surface area contributed by atoms with Crippen molar-refractivity contribution in [2.75, 3.05) is 6.54 Å². The maximum absolute atomic E-state index is 5.42. The van der Waals surface area contributed by atoms with E-state index in [1.54, 1.807) is 0 Å². The first kappa shape index (κ1) is 21.4. The van der Waals surface area contributed by atoms with Gasteiger partial charge in [-0.1, -0.05) is 125 Å². The minimum atomic E-state index is 0.872. The lowest BCUT2D eigenvalue weighted by molar-refractivity contribution is 0.558. The first-order valence-electron chi connectivity index (χ1n) is 10.2. The van der Waals surface area contributed by atoms with E-state index in [-0.39, 0.29) is 0 Å². The molecule has 0 fully saturated rings. The fourth-order valence-electron chi connectivity index (χ4n) is 2.89. The fourth-order valence-corrected chi connectivity index (χ4v) is 2.89. The van der Waals surface area contributed by atoms with Gasteiger partial charge in [0.2, 0.25) is 0 Å². The SMILES string of the molecule is CCCCCCCCCCCCN.c1ccc(-c2ccccc2)cc1. The highest BCUT2D eigenvalue weighted by atomic mass is 14.5. The first-order chi connectivity index (χ1) is 12.4. The summed E-state index contributed by atoms with van der Waals surface area (Å²) in [6, 6.07) is 20.8. The maximum Gasteiger partial charge on any atom is -0.00773 e. The van der Waals surface area contributed by atoms with Gasteiger partial charge in [-0.25, -0.2) is 0 Å². The molecular formula is C24H37N. The Bertz CT molecular complexity index is 445. The zero-order valence-corrected chi connectivity index (χ0v) is 16.1. The van der Waals surface area contributed by atoms with Crippen LogP contribution in [0.25, 0.3) is 11.1 Å². The topological polar surface area (TPSA) is 26.0 Å². The van der Waals surface area contributed by atoms with Crippen LogP contribution in [0.3, 0.4) is 0 Å². The molecule has 2 aromatic carbocycles. The van der Waals surface area contributed by atoms with Gasteiger partial charge in [-0.05, 0) is 24.1 Å². The van der Waals surface area contributed by atoms with Crippen LogP contribution in [0.1, 0.15) is 71.1 Å². The molecule has 0 aromatic heterocycles. The van der Waals surface area contributed by atoms with Crippen molar-refractivity contribution in [3.8, 4) is 11.1 Å². The number of benzene rings is 2. The van der Waals surface area contributed by atoms with Crippen LogP contribution in [-0.2, 0) is 0 Å². The molecule has 0 spiro atoms. The zero-order valence-electron chi connectivity index (χ0n) is 16.1. The molecule has 0 aliphatic rings. The Morgan fingerprint density at radius 3 is 1.24 bits per heavy atom. The van der Waals surface area contributed by atoms with E-state index >= 15 is 0 Å². The Kier molecular flexibility index (Phi) is 13.6. The molecule has 0 bridgehead atoms. The predicted molar refractivity (Wildman–Crippen MR) is 113 cm³/mol. The molecular weight excluding hydrogens is 302 g/mol. The highest BCUT2D eigenvalue weighted by Crippen LogP contribution is 2.17. The minimum Gasteiger partial charge on any atom is -0.330 e. The normalized spacial score (nSPS) is 10.2. The van der Waals surface area contributed by atoms with E-state index in [1.807, 2.05) is 12.1 Å². The van der Waals surface area contributed by atoms with Gasteiger partial charge in [0.25, 0.3) is 0 Å². The molecule has 2 N–H and O–H groups in total. The standard InChI is InChI=1S/C12H27N.C12H10/c1-2-3-4-5-6-7-8-9-10-11-12-13;1-3-7-11(8-4-1)12-9-5-2-6-10-12/h2-13H2,1H3;1-10H. The third kappa shape index (κ3) is 11.6. The van der Waals surface area contributed by atoms with Crippen molar-refractivity contribution in [1.82, 2.24) is 0 Å². The zero-order chi connectivity index (χ0) is 18.0.